The maximum atomic E-state index is 13.0. The topological polar surface area (TPSA) is 130 Å². The van der Waals surface area contributed by atoms with Gasteiger partial charge in [0.05, 0.1) is 12.0 Å². The molecule has 35 heavy (non-hydrogen) atoms. The molecule has 2 fully saturated rings. The summed E-state index contributed by atoms with van der Waals surface area (Å²) in [6, 6.07) is 3.67. The lowest BCUT2D eigenvalue weighted by atomic mass is 9.74. The van der Waals surface area contributed by atoms with E-state index >= 15 is 0 Å². The van der Waals surface area contributed by atoms with Gasteiger partial charge in [0.2, 0.25) is 0 Å². The summed E-state index contributed by atoms with van der Waals surface area (Å²) in [5.74, 6) is -0.780. The number of pyridine rings is 1. The molecule has 2 saturated carbocycles. The Balaban J connectivity index is 1.63. The van der Waals surface area contributed by atoms with Gasteiger partial charge in [-0.3, -0.25) is 4.79 Å². The first-order chi connectivity index (χ1) is 16.9. The van der Waals surface area contributed by atoms with Crippen LogP contribution in [0.2, 0.25) is 0 Å². The number of nitrogen functional groups attached to an aromatic ring is 1. The standard InChI is InChI=1S/C26H36N4O5/c1-18(34-25(33)35-21-10-6-3-7-11-21)26(24(31)32,14-19-12-13-23(27)28-15-19)22-16-30(17-29-22)20-8-4-2-5-9-20/h12-13,15-18,20-21H,2-11,14H2,1H3,(H2,27,28)(H,31,32). The van der Waals surface area contributed by atoms with Crippen molar-refractivity contribution in [2.75, 3.05) is 5.73 Å². The van der Waals surface area contributed by atoms with Gasteiger partial charge in [0, 0.05) is 18.4 Å². The van der Waals surface area contributed by atoms with Crippen molar-refractivity contribution in [3.8, 4) is 0 Å². The van der Waals surface area contributed by atoms with E-state index in [4.69, 9.17) is 15.2 Å². The minimum absolute atomic E-state index is 0.0369. The van der Waals surface area contributed by atoms with Gasteiger partial charge in [0.15, 0.2) is 5.41 Å². The maximum Gasteiger partial charge on any atom is 0.508 e. The average Bonchev–Trinajstić information content (AvgIpc) is 3.35. The van der Waals surface area contributed by atoms with Crippen molar-refractivity contribution in [2.24, 2.45) is 0 Å². The fraction of sp³-hybridized carbons (Fsp3) is 0.615. The molecule has 2 aromatic rings. The predicted molar refractivity (Wildman–Crippen MR) is 130 cm³/mol. The van der Waals surface area contributed by atoms with Gasteiger partial charge in [-0.2, -0.15) is 0 Å². The summed E-state index contributed by atoms with van der Waals surface area (Å²) in [7, 11) is 0. The third-order valence-corrected chi connectivity index (χ3v) is 7.55. The summed E-state index contributed by atoms with van der Waals surface area (Å²) >= 11 is 0. The normalized spacial score (nSPS) is 20.0. The molecular formula is C26H36N4O5. The number of carboxylic acid groups (broad SMARTS) is 1. The quantitative estimate of drug-likeness (QED) is 0.511. The molecule has 0 spiro atoms. The highest BCUT2D eigenvalue weighted by molar-refractivity contribution is 5.82. The van der Waals surface area contributed by atoms with E-state index in [1.165, 1.54) is 6.42 Å². The van der Waals surface area contributed by atoms with E-state index in [1.54, 1.807) is 37.8 Å². The fourth-order valence-electron chi connectivity index (χ4n) is 5.40. The molecule has 2 atom stereocenters. The maximum absolute atomic E-state index is 13.0. The monoisotopic (exact) mass is 484 g/mol. The number of carbonyl (C=O) groups is 2. The number of ether oxygens (including phenoxy) is 2. The lowest BCUT2D eigenvalue weighted by Crippen LogP contribution is -2.49. The van der Waals surface area contributed by atoms with Crippen molar-refractivity contribution in [3.63, 3.8) is 0 Å². The third-order valence-electron chi connectivity index (χ3n) is 7.55. The number of anilines is 1. The first-order valence-electron chi connectivity index (χ1n) is 12.7. The molecule has 3 N–H and O–H groups in total. The molecule has 2 heterocycles. The number of carboxylic acids is 1. The molecule has 0 amide bonds. The van der Waals surface area contributed by atoms with E-state index in [0.717, 1.165) is 57.8 Å². The second-order valence-corrected chi connectivity index (χ2v) is 9.93. The molecule has 0 aromatic carbocycles. The van der Waals surface area contributed by atoms with Gasteiger partial charge in [-0.25, -0.2) is 14.8 Å². The van der Waals surface area contributed by atoms with Gasteiger partial charge in [0.1, 0.15) is 18.0 Å². The van der Waals surface area contributed by atoms with E-state index in [1.807, 2.05) is 4.57 Å². The van der Waals surface area contributed by atoms with Crippen LogP contribution in [0.1, 0.15) is 88.4 Å². The van der Waals surface area contributed by atoms with E-state index in [-0.39, 0.29) is 12.5 Å². The summed E-state index contributed by atoms with van der Waals surface area (Å²) in [5.41, 5.74) is 5.12. The molecule has 0 aliphatic heterocycles. The molecule has 2 aliphatic carbocycles. The van der Waals surface area contributed by atoms with Gasteiger partial charge in [-0.15, -0.1) is 0 Å². The van der Waals surface area contributed by atoms with Crippen LogP contribution in [0.5, 0.6) is 0 Å². The highest BCUT2D eigenvalue weighted by Crippen LogP contribution is 2.36. The largest absolute Gasteiger partial charge is 0.508 e. The summed E-state index contributed by atoms with van der Waals surface area (Å²) in [5, 5.41) is 10.6. The SMILES string of the molecule is CC(OC(=O)OC1CCCCC1)C(Cc1ccc(N)nc1)(C(=O)O)c1cn(C2CCCCC2)cn1. The van der Waals surface area contributed by atoms with Crippen LogP contribution in [-0.4, -0.2) is 44.0 Å². The molecule has 190 valence electrons. The highest BCUT2D eigenvalue weighted by Gasteiger charge is 2.50. The predicted octanol–water partition coefficient (Wildman–Crippen LogP) is 4.81. The number of rotatable bonds is 8. The Morgan fingerprint density at radius 3 is 2.43 bits per heavy atom. The molecule has 2 aromatic heterocycles. The summed E-state index contributed by atoms with van der Waals surface area (Å²) < 4.78 is 13.2. The Hall–Kier alpha value is -3.10. The van der Waals surface area contributed by atoms with Crippen LogP contribution in [0.15, 0.2) is 30.9 Å². The number of aromatic nitrogens is 3. The summed E-state index contributed by atoms with van der Waals surface area (Å²) in [4.78, 5) is 34.3. The Morgan fingerprint density at radius 1 is 1.11 bits per heavy atom. The minimum atomic E-state index is -1.62. The number of hydrogen-bond acceptors (Lipinski definition) is 7. The minimum Gasteiger partial charge on any atom is -0.480 e. The summed E-state index contributed by atoms with van der Waals surface area (Å²) in [6.45, 7) is 1.60. The van der Waals surface area contributed by atoms with Crippen LogP contribution in [0.25, 0.3) is 0 Å². The lowest BCUT2D eigenvalue weighted by Gasteiger charge is -2.34. The van der Waals surface area contributed by atoms with E-state index in [0.29, 0.717) is 23.1 Å². The molecule has 2 aliphatic rings. The summed E-state index contributed by atoms with van der Waals surface area (Å²) in [6.07, 6.45) is 13.4. The Morgan fingerprint density at radius 2 is 1.80 bits per heavy atom. The fourth-order valence-corrected chi connectivity index (χ4v) is 5.40. The molecule has 0 saturated heterocycles. The molecule has 9 nitrogen and oxygen atoms in total. The van der Waals surface area contributed by atoms with Gasteiger partial charge in [0.25, 0.3) is 0 Å². The van der Waals surface area contributed by atoms with E-state index < -0.39 is 23.6 Å². The number of nitrogens with zero attached hydrogens (tertiary/aromatic N) is 3. The van der Waals surface area contributed by atoms with Crippen LogP contribution >= 0.6 is 0 Å². The van der Waals surface area contributed by atoms with Crippen molar-refractivity contribution >= 4 is 17.9 Å². The lowest BCUT2D eigenvalue weighted by molar-refractivity contribution is -0.149. The molecule has 2 unspecified atom stereocenters. The molecular weight excluding hydrogens is 448 g/mol. The molecule has 4 rings (SSSR count). The second kappa shape index (κ2) is 11.1. The van der Waals surface area contributed by atoms with Gasteiger partial charge < -0.3 is 24.9 Å². The second-order valence-electron chi connectivity index (χ2n) is 9.93. The number of hydrogen-bond donors (Lipinski definition) is 2. The van der Waals surface area contributed by atoms with Crippen molar-refractivity contribution in [2.45, 2.75) is 101 Å². The zero-order valence-electron chi connectivity index (χ0n) is 20.4. The van der Waals surface area contributed by atoms with Gasteiger partial charge in [-0.1, -0.05) is 31.7 Å². The molecule has 0 radical (unpaired) electrons. The van der Waals surface area contributed by atoms with Crippen molar-refractivity contribution in [3.05, 3.63) is 42.1 Å². The van der Waals surface area contributed by atoms with Gasteiger partial charge in [-0.05, 0) is 63.5 Å². The third kappa shape index (κ3) is 5.77. The Labute approximate surface area is 206 Å². The zero-order valence-corrected chi connectivity index (χ0v) is 20.4. The first kappa shape index (κ1) is 25.0. The number of carbonyl (C=O) groups excluding carboxylic acids is 1. The van der Waals surface area contributed by atoms with E-state index in [2.05, 4.69) is 9.97 Å². The number of nitrogens with two attached hydrogens (primary N) is 1. The van der Waals surface area contributed by atoms with Crippen LogP contribution < -0.4 is 5.73 Å². The smallest absolute Gasteiger partial charge is 0.480 e. The van der Waals surface area contributed by atoms with Crippen LogP contribution in [0.3, 0.4) is 0 Å². The zero-order chi connectivity index (χ0) is 24.8. The van der Waals surface area contributed by atoms with Gasteiger partial charge >= 0.3 is 12.1 Å². The van der Waals surface area contributed by atoms with Crippen LogP contribution in [0, 0.1) is 0 Å². The van der Waals surface area contributed by atoms with Crippen molar-refractivity contribution < 1.29 is 24.2 Å². The number of aliphatic carboxylic acids is 1. The first-order valence-corrected chi connectivity index (χ1v) is 12.7. The Kier molecular flexibility index (Phi) is 7.93. The van der Waals surface area contributed by atoms with Crippen molar-refractivity contribution in [1.29, 1.82) is 0 Å². The highest BCUT2D eigenvalue weighted by atomic mass is 16.7. The van der Waals surface area contributed by atoms with Crippen molar-refractivity contribution in [1.82, 2.24) is 14.5 Å². The van der Waals surface area contributed by atoms with Crippen LogP contribution in [0.4, 0.5) is 10.6 Å². The van der Waals surface area contributed by atoms with E-state index in [9.17, 15) is 14.7 Å². The average molecular weight is 485 g/mol. The molecule has 9 heteroatoms. The van der Waals surface area contributed by atoms with Crippen LogP contribution in [-0.2, 0) is 26.1 Å². The Bertz CT molecular complexity index is 995. The number of imidazole rings is 1. The molecule has 0 bridgehead atoms.